The molecule has 1 aromatic carbocycles. The van der Waals surface area contributed by atoms with E-state index < -0.39 is 0 Å². The molecule has 0 amide bonds. The van der Waals surface area contributed by atoms with Crippen LogP contribution in [0.15, 0.2) is 36.5 Å². The molecule has 0 fully saturated rings. The number of benzene rings is 1. The van der Waals surface area contributed by atoms with Crippen molar-refractivity contribution in [1.29, 1.82) is 0 Å². The van der Waals surface area contributed by atoms with Gasteiger partial charge in [-0.1, -0.05) is 6.07 Å². The van der Waals surface area contributed by atoms with Crippen LogP contribution in [0.25, 0.3) is 0 Å². The summed E-state index contributed by atoms with van der Waals surface area (Å²) in [6.45, 7) is 2.77. The van der Waals surface area contributed by atoms with Gasteiger partial charge in [-0.05, 0) is 25.1 Å². The second-order valence-electron chi connectivity index (χ2n) is 4.69. The fraction of sp³-hybridized carbons (Fsp3) is 0.267. The first-order chi connectivity index (χ1) is 9.74. The van der Waals surface area contributed by atoms with Crippen molar-refractivity contribution >= 4 is 0 Å². The van der Waals surface area contributed by atoms with E-state index in [4.69, 9.17) is 9.47 Å². The summed E-state index contributed by atoms with van der Waals surface area (Å²) in [6.07, 6.45) is 1.77. The number of nitrogens with one attached hydrogen (secondary N) is 1. The molecule has 5 nitrogen and oxygen atoms in total. The van der Waals surface area contributed by atoms with Crippen LogP contribution >= 0.6 is 0 Å². The van der Waals surface area contributed by atoms with Crippen molar-refractivity contribution in [3.05, 3.63) is 47.8 Å². The molecule has 0 aliphatic carbocycles. The van der Waals surface area contributed by atoms with Gasteiger partial charge < -0.3 is 19.9 Å². The molecule has 3 rings (SSSR count). The Kier molecular flexibility index (Phi) is 3.43. The average molecular weight is 272 g/mol. The van der Waals surface area contributed by atoms with Crippen LogP contribution in [0.1, 0.15) is 24.2 Å². The minimum atomic E-state index is 0.0982. The molecule has 1 atom stereocenters. The van der Waals surface area contributed by atoms with Crippen LogP contribution in [0, 0.1) is 0 Å². The molecule has 20 heavy (non-hydrogen) atoms. The number of nitrogens with zero attached hydrogens (tertiary/aromatic N) is 1. The van der Waals surface area contributed by atoms with Crippen molar-refractivity contribution in [3.8, 4) is 17.2 Å². The number of ether oxygens (including phenoxy) is 2. The quantitative estimate of drug-likeness (QED) is 0.894. The number of phenolic OH excluding ortho intramolecular Hbond substituents is 1. The molecule has 1 aliphatic heterocycles. The van der Waals surface area contributed by atoms with Crippen molar-refractivity contribution in [1.82, 2.24) is 10.3 Å². The largest absolute Gasteiger partial charge is 0.507 e. The average Bonchev–Trinajstić information content (AvgIpc) is 2.92. The zero-order chi connectivity index (χ0) is 13.9. The monoisotopic (exact) mass is 272 g/mol. The molecule has 0 saturated carbocycles. The minimum absolute atomic E-state index is 0.0982. The molecule has 1 aliphatic rings. The third kappa shape index (κ3) is 2.53. The number of rotatable bonds is 4. The van der Waals surface area contributed by atoms with Gasteiger partial charge >= 0.3 is 0 Å². The van der Waals surface area contributed by atoms with Crippen LogP contribution in [0.4, 0.5) is 0 Å². The Morgan fingerprint density at radius 2 is 2.10 bits per heavy atom. The molecule has 0 saturated heterocycles. The Morgan fingerprint density at radius 1 is 1.30 bits per heavy atom. The summed E-state index contributed by atoms with van der Waals surface area (Å²) in [7, 11) is 0. The van der Waals surface area contributed by atoms with Crippen LogP contribution in [-0.2, 0) is 6.54 Å². The van der Waals surface area contributed by atoms with Crippen molar-refractivity contribution < 1.29 is 14.6 Å². The van der Waals surface area contributed by atoms with Crippen molar-refractivity contribution in [2.75, 3.05) is 6.79 Å². The number of aromatic nitrogens is 1. The zero-order valence-corrected chi connectivity index (χ0v) is 11.2. The van der Waals surface area contributed by atoms with Crippen molar-refractivity contribution in [2.45, 2.75) is 19.5 Å². The fourth-order valence-corrected chi connectivity index (χ4v) is 2.11. The van der Waals surface area contributed by atoms with E-state index in [9.17, 15) is 5.11 Å². The predicted octanol–water partition coefficient (Wildman–Crippen LogP) is 2.37. The summed E-state index contributed by atoms with van der Waals surface area (Å²) in [5.41, 5.74) is 1.74. The summed E-state index contributed by atoms with van der Waals surface area (Å²) in [6, 6.07) is 9.30. The zero-order valence-electron chi connectivity index (χ0n) is 11.2. The van der Waals surface area contributed by atoms with Gasteiger partial charge in [-0.25, -0.2) is 0 Å². The lowest BCUT2D eigenvalue weighted by atomic mass is 10.1. The first kappa shape index (κ1) is 12.7. The molecule has 2 heterocycles. The van der Waals surface area contributed by atoms with Crippen LogP contribution in [-0.4, -0.2) is 16.9 Å². The Labute approximate surface area is 117 Å². The molecule has 0 spiro atoms. The van der Waals surface area contributed by atoms with E-state index in [1.54, 1.807) is 18.3 Å². The number of pyridine rings is 1. The highest BCUT2D eigenvalue weighted by atomic mass is 16.7. The molecular weight excluding hydrogens is 256 g/mol. The number of aromatic hydroxyl groups is 1. The Morgan fingerprint density at radius 3 is 2.85 bits per heavy atom. The smallest absolute Gasteiger partial charge is 0.231 e. The van der Waals surface area contributed by atoms with Gasteiger partial charge in [-0.3, -0.25) is 4.98 Å². The second-order valence-corrected chi connectivity index (χ2v) is 4.69. The van der Waals surface area contributed by atoms with E-state index in [0.717, 1.165) is 11.3 Å². The number of hydrogen-bond donors (Lipinski definition) is 2. The van der Waals surface area contributed by atoms with E-state index >= 15 is 0 Å². The van der Waals surface area contributed by atoms with Gasteiger partial charge in [0.05, 0.1) is 5.69 Å². The second kappa shape index (κ2) is 5.38. The molecule has 1 aromatic heterocycles. The van der Waals surface area contributed by atoms with E-state index in [1.165, 1.54) is 0 Å². The molecule has 0 unspecified atom stereocenters. The highest BCUT2D eigenvalue weighted by Crippen LogP contribution is 2.37. The first-order valence-corrected chi connectivity index (χ1v) is 6.50. The van der Waals surface area contributed by atoms with Crippen LogP contribution in [0.3, 0.4) is 0 Å². The maximum Gasteiger partial charge on any atom is 0.231 e. The number of hydrogen-bond acceptors (Lipinski definition) is 5. The normalized spacial score (nSPS) is 14.2. The van der Waals surface area contributed by atoms with Crippen LogP contribution in [0.5, 0.6) is 17.2 Å². The third-order valence-corrected chi connectivity index (χ3v) is 3.30. The Balaban J connectivity index is 1.70. The summed E-state index contributed by atoms with van der Waals surface area (Å²) in [4.78, 5) is 4.30. The summed E-state index contributed by atoms with van der Waals surface area (Å²) in [5.74, 6) is 1.46. The molecule has 2 N–H and O–H groups in total. The minimum Gasteiger partial charge on any atom is -0.507 e. The molecule has 5 heteroatoms. The van der Waals surface area contributed by atoms with E-state index in [1.807, 2.05) is 25.1 Å². The van der Waals surface area contributed by atoms with Crippen LogP contribution < -0.4 is 14.8 Å². The van der Waals surface area contributed by atoms with E-state index in [2.05, 4.69) is 10.3 Å². The lowest BCUT2D eigenvalue weighted by Gasteiger charge is -2.14. The maximum atomic E-state index is 9.97. The molecule has 2 aromatic rings. The maximum absolute atomic E-state index is 9.97. The molecular formula is C15H16N2O3. The lowest BCUT2D eigenvalue weighted by molar-refractivity contribution is 0.174. The van der Waals surface area contributed by atoms with Gasteiger partial charge in [0.2, 0.25) is 6.79 Å². The van der Waals surface area contributed by atoms with E-state index in [-0.39, 0.29) is 18.6 Å². The summed E-state index contributed by atoms with van der Waals surface area (Å²) < 4.78 is 10.5. The first-order valence-electron chi connectivity index (χ1n) is 6.50. The highest BCUT2D eigenvalue weighted by molar-refractivity contribution is 5.51. The van der Waals surface area contributed by atoms with Crippen LogP contribution in [0.2, 0.25) is 0 Å². The van der Waals surface area contributed by atoms with Gasteiger partial charge in [0.1, 0.15) is 5.75 Å². The standard InChI is InChI=1S/C15H16N2O3/c1-10(12-4-2-3-5-16-12)17-8-11-6-14-15(7-13(11)18)20-9-19-14/h2-7,10,17-18H,8-9H2,1H3/t10-/m0/s1. The molecule has 0 radical (unpaired) electrons. The lowest BCUT2D eigenvalue weighted by Crippen LogP contribution is -2.19. The Bertz CT molecular complexity index is 602. The predicted molar refractivity (Wildman–Crippen MR) is 73.7 cm³/mol. The van der Waals surface area contributed by atoms with Gasteiger partial charge in [0.15, 0.2) is 11.5 Å². The van der Waals surface area contributed by atoms with Gasteiger partial charge in [-0.15, -0.1) is 0 Å². The molecule has 104 valence electrons. The molecule has 0 bridgehead atoms. The van der Waals surface area contributed by atoms with Crippen molar-refractivity contribution in [3.63, 3.8) is 0 Å². The Hall–Kier alpha value is -2.27. The third-order valence-electron chi connectivity index (χ3n) is 3.30. The van der Waals surface area contributed by atoms with Crippen molar-refractivity contribution in [2.24, 2.45) is 0 Å². The summed E-state index contributed by atoms with van der Waals surface area (Å²) in [5, 5.41) is 13.3. The van der Waals surface area contributed by atoms with Gasteiger partial charge in [-0.2, -0.15) is 0 Å². The topological polar surface area (TPSA) is 63.6 Å². The SMILES string of the molecule is C[C@H](NCc1cc2c(cc1O)OCO2)c1ccccn1. The van der Waals surface area contributed by atoms with Gasteiger partial charge in [0.25, 0.3) is 0 Å². The summed E-state index contributed by atoms with van der Waals surface area (Å²) >= 11 is 0. The number of fused-ring (bicyclic) bond motifs is 1. The van der Waals surface area contributed by atoms with E-state index in [0.29, 0.717) is 18.0 Å². The fourth-order valence-electron chi connectivity index (χ4n) is 2.11. The van der Waals surface area contributed by atoms with Gasteiger partial charge in [0, 0.05) is 30.4 Å². The number of phenols is 1. The highest BCUT2D eigenvalue weighted by Gasteiger charge is 2.17.